The number of carbonyl (C=O) groups is 3. The van der Waals surface area contributed by atoms with Gasteiger partial charge in [0.1, 0.15) is 12.3 Å². The van der Waals surface area contributed by atoms with Gasteiger partial charge in [-0.2, -0.15) is 0 Å². The largest absolute Gasteiger partial charge is 0.466 e. The number of hydrogen-bond donors (Lipinski definition) is 2. The van der Waals surface area contributed by atoms with Crippen LogP contribution < -0.4 is 10.6 Å². The summed E-state index contributed by atoms with van der Waals surface area (Å²) in [6, 6.07) is 10.1. The molecule has 0 spiro atoms. The maximum atomic E-state index is 12.7. The molecule has 1 aromatic heterocycles. The average molecular weight is 369 g/mol. The molecule has 0 radical (unpaired) electrons. The van der Waals surface area contributed by atoms with Crippen LogP contribution in [0.4, 0.5) is 10.5 Å². The first-order valence-corrected chi connectivity index (χ1v) is 8.70. The third kappa shape index (κ3) is 3.58. The standard InChI is InChI=1S/C20H23N3O4/c1-19(2,3)13-7-9-14(10-8-13)21-16(24)12-23-17(25)20(4,22-18(23)26)15-6-5-11-27-15/h5-11H,12H2,1-4H3,(H,21,24)(H,22,26)/t20-/m1/s1. The van der Waals surface area contributed by atoms with E-state index >= 15 is 0 Å². The van der Waals surface area contributed by atoms with E-state index in [4.69, 9.17) is 4.42 Å². The predicted molar refractivity (Wildman–Crippen MR) is 100 cm³/mol. The quantitative estimate of drug-likeness (QED) is 0.811. The van der Waals surface area contributed by atoms with Crippen LogP contribution in [0.1, 0.15) is 39.0 Å². The molecule has 7 nitrogen and oxygen atoms in total. The summed E-state index contributed by atoms with van der Waals surface area (Å²) in [4.78, 5) is 38.1. The number of benzene rings is 1. The number of urea groups is 1. The zero-order valence-electron chi connectivity index (χ0n) is 15.8. The molecule has 0 bridgehead atoms. The number of carbonyl (C=O) groups excluding carboxylic acids is 3. The lowest BCUT2D eigenvalue weighted by atomic mass is 9.87. The van der Waals surface area contributed by atoms with Crippen molar-refractivity contribution < 1.29 is 18.8 Å². The van der Waals surface area contributed by atoms with Gasteiger partial charge in [0, 0.05) is 5.69 Å². The molecular formula is C20H23N3O4. The fraction of sp³-hybridized carbons (Fsp3) is 0.350. The number of rotatable bonds is 4. The summed E-state index contributed by atoms with van der Waals surface area (Å²) in [7, 11) is 0. The SMILES string of the molecule is CC(C)(C)c1ccc(NC(=O)CN2C(=O)N[C@](C)(c3ccco3)C2=O)cc1. The summed E-state index contributed by atoms with van der Waals surface area (Å²) in [5.41, 5.74) is 0.450. The number of imide groups is 1. The zero-order valence-corrected chi connectivity index (χ0v) is 15.8. The first kappa shape index (κ1) is 18.7. The van der Waals surface area contributed by atoms with E-state index in [1.54, 1.807) is 31.2 Å². The summed E-state index contributed by atoms with van der Waals surface area (Å²) < 4.78 is 5.26. The van der Waals surface area contributed by atoms with E-state index in [-0.39, 0.29) is 12.0 Å². The van der Waals surface area contributed by atoms with E-state index in [2.05, 4.69) is 31.4 Å². The van der Waals surface area contributed by atoms with Gasteiger partial charge in [0.2, 0.25) is 5.91 Å². The van der Waals surface area contributed by atoms with Gasteiger partial charge in [-0.1, -0.05) is 32.9 Å². The molecule has 27 heavy (non-hydrogen) atoms. The van der Waals surface area contributed by atoms with Crippen molar-refractivity contribution in [3.8, 4) is 0 Å². The third-order valence-corrected chi connectivity index (χ3v) is 4.63. The van der Waals surface area contributed by atoms with Crippen LogP contribution in [0.5, 0.6) is 0 Å². The molecule has 0 saturated carbocycles. The topological polar surface area (TPSA) is 91.7 Å². The number of nitrogens with one attached hydrogen (secondary N) is 2. The molecule has 1 atom stereocenters. The lowest BCUT2D eigenvalue weighted by Crippen LogP contribution is -2.41. The Morgan fingerprint density at radius 1 is 1.19 bits per heavy atom. The molecule has 0 unspecified atom stereocenters. The molecule has 0 aliphatic carbocycles. The molecule has 2 heterocycles. The number of nitrogens with zero attached hydrogens (tertiary/aromatic N) is 1. The van der Waals surface area contributed by atoms with Crippen LogP contribution >= 0.6 is 0 Å². The lowest BCUT2D eigenvalue weighted by Gasteiger charge is -2.20. The Balaban J connectivity index is 1.67. The van der Waals surface area contributed by atoms with Gasteiger partial charge in [-0.25, -0.2) is 4.79 Å². The highest BCUT2D eigenvalue weighted by molar-refractivity contribution is 6.10. The van der Waals surface area contributed by atoms with Gasteiger partial charge >= 0.3 is 6.03 Å². The molecule has 2 aromatic rings. The second-order valence-electron chi connectivity index (χ2n) is 7.80. The van der Waals surface area contributed by atoms with Crippen molar-refractivity contribution in [3.05, 3.63) is 54.0 Å². The summed E-state index contributed by atoms with van der Waals surface area (Å²) in [5.74, 6) is -0.659. The summed E-state index contributed by atoms with van der Waals surface area (Å²) in [6.07, 6.45) is 1.43. The maximum absolute atomic E-state index is 12.7. The summed E-state index contributed by atoms with van der Waals surface area (Å²) in [5, 5.41) is 5.30. The highest BCUT2D eigenvalue weighted by Crippen LogP contribution is 2.29. The lowest BCUT2D eigenvalue weighted by molar-refractivity contribution is -0.134. The monoisotopic (exact) mass is 369 g/mol. The summed E-state index contributed by atoms with van der Waals surface area (Å²) >= 11 is 0. The molecule has 1 aromatic carbocycles. The van der Waals surface area contributed by atoms with Gasteiger partial charge in [0.25, 0.3) is 5.91 Å². The van der Waals surface area contributed by atoms with Crippen molar-refractivity contribution in [1.29, 1.82) is 0 Å². The fourth-order valence-electron chi connectivity index (χ4n) is 2.97. The number of furan rings is 1. The third-order valence-electron chi connectivity index (χ3n) is 4.63. The Morgan fingerprint density at radius 2 is 1.85 bits per heavy atom. The van der Waals surface area contributed by atoms with Gasteiger partial charge < -0.3 is 15.1 Å². The zero-order chi connectivity index (χ0) is 19.8. The van der Waals surface area contributed by atoms with E-state index < -0.39 is 23.4 Å². The van der Waals surface area contributed by atoms with E-state index in [0.29, 0.717) is 11.4 Å². The van der Waals surface area contributed by atoms with Crippen LogP contribution in [0.15, 0.2) is 47.1 Å². The van der Waals surface area contributed by atoms with E-state index in [1.165, 1.54) is 6.26 Å². The van der Waals surface area contributed by atoms with Gasteiger partial charge in [0.05, 0.1) is 6.26 Å². The van der Waals surface area contributed by atoms with Gasteiger partial charge in [0.15, 0.2) is 5.54 Å². The number of anilines is 1. The minimum atomic E-state index is -1.31. The van der Waals surface area contributed by atoms with Crippen LogP contribution in [0.25, 0.3) is 0 Å². The van der Waals surface area contributed by atoms with E-state index in [1.807, 2.05) is 12.1 Å². The van der Waals surface area contributed by atoms with Crippen molar-refractivity contribution in [2.24, 2.45) is 0 Å². The van der Waals surface area contributed by atoms with Crippen molar-refractivity contribution in [3.63, 3.8) is 0 Å². The first-order chi connectivity index (χ1) is 12.6. The number of amides is 4. The molecule has 1 fully saturated rings. The fourth-order valence-corrected chi connectivity index (χ4v) is 2.97. The van der Waals surface area contributed by atoms with Gasteiger partial charge in [-0.15, -0.1) is 0 Å². The normalized spacial score (nSPS) is 19.9. The smallest absolute Gasteiger partial charge is 0.325 e. The van der Waals surface area contributed by atoms with Crippen LogP contribution in [0.2, 0.25) is 0 Å². The molecule has 7 heteroatoms. The molecule has 1 aliphatic rings. The first-order valence-electron chi connectivity index (χ1n) is 8.70. The van der Waals surface area contributed by atoms with E-state index in [9.17, 15) is 14.4 Å². The average Bonchev–Trinajstić information content (AvgIpc) is 3.19. The minimum absolute atomic E-state index is 0.0128. The Hall–Kier alpha value is -3.09. The molecule has 2 N–H and O–H groups in total. The highest BCUT2D eigenvalue weighted by atomic mass is 16.3. The second kappa shape index (κ2) is 6.57. The van der Waals surface area contributed by atoms with Crippen molar-refractivity contribution >= 4 is 23.5 Å². The molecule has 3 rings (SSSR count). The molecule has 142 valence electrons. The molecule has 4 amide bonds. The van der Waals surface area contributed by atoms with Crippen LogP contribution in [0.3, 0.4) is 0 Å². The Kier molecular flexibility index (Phi) is 4.55. The maximum Gasteiger partial charge on any atom is 0.325 e. The molecular weight excluding hydrogens is 346 g/mol. The Bertz CT molecular complexity index is 866. The summed E-state index contributed by atoms with van der Waals surface area (Å²) in [6.45, 7) is 7.49. The van der Waals surface area contributed by atoms with E-state index in [0.717, 1.165) is 10.5 Å². The highest BCUT2D eigenvalue weighted by Gasteiger charge is 2.51. The number of hydrogen-bond acceptors (Lipinski definition) is 4. The van der Waals surface area contributed by atoms with Crippen LogP contribution in [0, 0.1) is 0 Å². The molecule has 1 saturated heterocycles. The minimum Gasteiger partial charge on any atom is -0.466 e. The Morgan fingerprint density at radius 3 is 2.41 bits per heavy atom. The van der Waals surface area contributed by atoms with Crippen LogP contribution in [-0.2, 0) is 20.5 Å². The van der Waals surface area contributed by atoms with Gasteiger partial charge in [-0.3, -0.25) is 14.5 Å². The van der Waals surface area contributed by atoms with Crippen molar-refractivity contribution in [2.45, 2.75) is 38.6 Å². The van der Waals surface area contributed by atoms with Gasteiger partial charge in [-0.05, 0) is 42.2 Å². The molecule has 1 aliphatic heterocycles. The predicted octanol–water partition coefficient (Wildman–Crippen LogP) is 2.98. The Labute approximate surface area is 157 Å². The van der Waals surface area contributed by atoms with Crippen LogP contribution in [-0.4, -0.2) is 29.3 Å². The second-order valence-corrected chi connectivity index (χ2v) is 7.80. The van der Waals surface area contributed by atoms with Crippen molar-refractivity contribution in [2.75, 3.05) is 11.9 Å². The van der Waals surface area contributed by atoms with Crippen molar-refractivity contribution in [1.82, 2.24) is 10.2 Å².